The molecule has 0 aliphatic carbocycles. The van der Waals surface area contributed by atoms with Crippen molar-refractivity contribution in [3.8, 4) is 17.6 Å². The number of nitrogens with zero attached hydrogens (tertiary/aromatic N) is 2. The van der Waals surface area contributed by atoms with E-state index in [1.165, 1.54) is 47.4 Å². The second kappa shape index (κ2) is 12.1. The highest BCUT2D eigenvalue weighted by Gasteiger charge is 2.42. The van der Waals surface area contributed by atoms with E-state index in [1.807, 2.05) is 6.92 Å². The lowest BCUT2D eigenvalue weighted by Gasteiger charge is -2.29. The summed E-state index contributed by atoms with van der Waals surface area (Å²) in [6, 6.07) is 16.3. The first-order chi connectivity index (χ1) is 18.8. The number of halogens is 1. The van der Waals surface area contributed by atoms with Gasteiger partial charge in [-0.2, -0.15) is 4.31 Å². The first kappa shape index (κ1) is 27.8. The van der Waals surface area contributed by atoms with Crippen molar-refractivity contribution in [2.24, 2.45) is 0 Å². The quantitative estimate of drug-likeness (QED) is 0.340. The lowest BCUT2D eigenvalue weighted by atomic mass is 10.1. The molecular weight excluding hydrogens is 523 g/mol. The van der Waals surface area contributed by atoms with Crippen LogP contribution in [0.25, 0.3) is 0 Å². The van der Waals surface area contributed by atoms with E-state index >= 15 is 0 Å². The van der Waals surface area contributed by atoms with Crippen LogP contribution < -0.4 is 9.64 Å². The minimum Gasteiger partial charge on any atom is -0.481 e. The molecule has 1 unspecified atom stereocenters. The van der Waals surface area contributed by atoms with Crippen LogP contribution in [0.2, 0.25) is 0 Å². The first-order valence-corrected chi connectivity index (χ1v) is 13.6. The summed E-state index contributed by atoms with van der Waals surface area (Å²) in [6.07, 6.45) is 0.701. The van der Waals surface area contributed by atoms with Crippen molar-refractivity contribution in [3.05, 3.63) is 89.7 Å². The maximum atomic E-state index is 13.9. The molecule has 1 aliphatic rings. The molecule has 4 rings (SSSR count). The van der Waals surface area contributed by atoms with E-state index in [9.17, 15) is 22.4 Å². The van der Waals surface area contributed by atoms with Gasteiger partial charge in [0.2, 0.25) is 10.0 Å². The Hall–Kier alpha value is -4.20. The largest absolute Gasteiger partial charge is 0.481 e. The van der Waals surface area contributed by atoms with Gasteiger partial charge in [-0.05, 0) is 54.1 Å². The SMILES string of the molecule is CCC#CCOc1ccc(S(=O)(=O)N2Cc3ccccc3N(C(=O)c3cccc(F)c3)CC2C(=O)OC)cc1. The summed E-state index contributed by atoms with van der Waals surface area (Å²) in [6.45, 7) is 1.56. The van der Waals surface area contributed by atoms with Gasteiger partial charge >= 0.3 is 5.97 Å². The van der Waals surface area contributed by atoms with Gasteiger partial charge in [0.05, 0.1) is 18.6 Å². The topological polar surface area (TPSA) is 93.2 Å². The van der Waals surface area contributed by atoms with Crippen molar-refractivity contribution in [1.82, 2.24) is 4.31 Å². The number of hydrogen-bond acceptors (Lipinski definition) is 6. The van der Waals surface area contributed by atoms with Gasteiger partial charge in [-0.25, -0.2) is 12.8 Å². The number of ether oxygens (including phenoxy) is 2. The summed E-state index contributed by atoms with van der Waals surface area (Å²) >= 11 is 0. The average Bonchev–Trinajstić information content (AvgIpc) is 3.13. The summed E-state index contributed by atoms with van der Waals surface area (Å²) in [5, 5.41) is 0. The van der Waals surface area contributed by atoms with Crippen LogP contribution in [0.4, 0.5) is 10.1 Å². The molecule has 0 N–H and O–H groups in total. The maximum absolute atomic E-state index is 13.9. The molecular formula is C29H27FN2O6S. The van der Waals surface area contributed by atoms with Crippen molar-refractivity contribution in [2.75, 3.05) is 25.2 Å². The van der Waals surface area contributed by atoms with Crippen molar-refractivity contribution < 1.29 is 31.9 Å². The average molecular weight is 551 g/mol. The van der Waals surface area contributed by atoms with Crippen LogP contribution in [0.1, 0.15) is 29.3 Å². The van der Waals surface area contributed by atoms with Crippen molar-refractivity contribution in [1.29, 1.82) is 0 Å². The van der Waals surface area contributed by atoms with Gasteiger partial charge in [-0.1, -0.05) is 37.1 Å². The van der Waals surface area contributed by atoms with Gasteiger partial charge < -0.3 is 14.4 Å². The van der Waals surface area contributed by atoms with Crippen LogP contribution in [-0.4, -0.2) is 50.9 Å². The second-order valence-electron chi connectivity index (χ2n) is 8.61. The predicted octanol–water partition coefficient (Wildman–Crippen LogP) is 4.01. The molecule has 0 saturated carbocycles. The van der Waals surface area contributed by atoms with Crippen LogP contribution in [0.15, 0.2) is 77.7 Å². The fourth-order valence-corrected chi connectivity index (χ4v) is 5.78. The number of esters is 1. The number of methoxy groups -OCH3 is 1. The van der Waals surface area contributed by atoms with Crippen molar-refractivity contribution in [3.63, 3.8) is 0 Å². The monoisotopic (exact) mass is 550 g/mol. The summed E-state index contributed by atoms with van der Waals surface area (Å²) in [7, 11) is -3.10. The predicted molar refractivity (Wildman–Crippen MR) is 143 cm³/mol. The second-order valence-corrected chi connectivity index (χ2v) is 10.5. The Morgan fingerprint density at radius 1 is 1.03 bits per heavy atom. The highest BCUT2D eigenvalue weighted by molar-refractivity contribution is 7.89. The summed E-state index contributed by atoms with van der Waals surface area (Å²) in [5.41, 5.74) is 0.964. The fourth-order valence-electron chi connectivity index (χ4n) is 4.24. The number of sulfonamides is 1. The van der Waals surface area contributed by atoms with E-state index in [1.54, 1.807) is 24.3 Å². The highest BCUT2D eigenvalue weighted by Crippen LogP contribution is 2.33. The Kier molecular flexibility index (Phi) is 8.64. The molecule has 39 heavy (non-hydrogen) atoms. The van der Waals surface area contributed by atoms with Crippen LogP contribution in [-0.2, 0) is 26.1 Å². The number of hydrogen-bond donors (Lipinski definition) is 0. The van der Waals surface area contributed by atoms with Crippen LogP contribution in [0.3, 0.4) is 0 Å². The normalized spacial score (nSPS) is 15.4. The minimum absolute atomic E-state index is 0.0592. The molecule has 0 aromatic heterocycles. The molecule has 10 heteroatoms. The van der Waals surface area contributed by atoms with Gasteiger partial charge in [-0.3, -0.25) is 9.59 Å². The number of amides is 1. The zero-order valence-corrected chi connectivity index (χ0v) is 22.3. The summed E-state index contributed by atoms with van der Waals surface area (Å²) in [4.78, 5) is 27.7. The van der Waals surface area contributed by atoms with E-state index in [4.69, 9.17) is 9.47 Å². The standard InChI is InChI=1S/C29H27FN2O6S/c1-3-4-7-17-38-24-13-15-25(16-14-24)39(35,36)32-19-22-9-5-6-12-26(22)31(20-27(32)29(34)37-2)28(33)21-10-8-11-23(30)18-21/h5-6,8-16,18,27H,3,17,19-20H2,1-2H3. The molecule has 8 nitrogen and oxygen atoms in total. The van der Waals surface area contributed by atoms with Crippen LogP contribution in [0, 0.1) is 17.7 Å². The molecule has 0 radical (unpaired) electrons. The Labute approximate surface area is 227 Å². The Morgan fingerprint density at radius 3 is 2.46 bits per heavy atom. The first-order valence-electron chi connectivity index (χ1n) is 12.2. The van der Waals surface area contributed by atoms with E-state index < -0.39 is 33.8 Å². The molecule has 1 atom stereocenters. The van der Waals surface area contributed by atoms with Gasteiger partial charge in [0.15, 0.2) is 0 Å². The maximum Gasteiger partial charge on any atom is 0.326 e. The fraction of sp³-hybridized carbons (Fsp3) is 0.241. The van der Waals surface area contributed by atoms with Crippen LogP contribution in [0.5, 0.6) is 5.75 Å². The molecule has 0 fully saturated rings. The summed E-state index contributed by atoms with van der Waals surface area (Å²) in [5.74, 6) is 4.17. The van der Waals surface area contributed by atoms with Gasteiger partial charge in [0.1, 0.15) is 24.2 Å². The van der Waals surface area contributed by atoms with Gasteiger partial charge in [-0.15, -0.1) is 5.92 Å². The third-order valence-electron chi connectivity index (χ3n) is 6.14. The molecule has 1 aliphatic heterocycles. The zero-order valence-electron chi connectivity index (χ0n) is 21.5. The van der Waals surface area contributed by atoms with E-state index in [0.717, 1.165) is 17.5 Å². The third kappa shape index (κ3) is 6.11. The lowest BCUT2D eigenvalue weighted by Crippen LogP contribution is -2.50. The number of rotatable bonds is 6. The molecule has 0 saturated heterocycles. The number of fused-ring (bicyclic) bond motifs is 1. The number of anilines is 1. The number of carbonyl (C=O) groups excluding carboxylic acids is 2. The summed E-state index contributed by atoms with van der Waals surface area (Å²) < 4.78 is 53.2. The smallest absolute Gasteiger partial charge is 0.326 e. The van der Waals surface area contributed by atoms with Gasteiger partial charge in [0.25, 0.3) is 5.91 Å². The lowest BCUT2D eigenvalue weighted by molar-refractivity contribution is -0.144. The number of benzene rings is 3. The Balaban J connectivity index is 1.73. The molecule has 3 aromatic rings. The zero-order chi connectivity index (χ0) is 28.0. The highest BCUT2D eigenvalue weighted by atomic mass is 32.2. The molecule has 1 amide bonds. The molecule has 1 heterocycles. The van der Waals surface area contributed by atoms with E-state index in [-0.39, 0.29) is 30.2 Å². The molecule has 0 bridgehead atoms. The minimum atomic E-state index is -4.25. The number of para-hydroxylation sites is 1. The third-order valence-corrected chi connectivity index (χ3v) is 8.01. The molecule has 202 valence electrons. The Bertz CT molecular complexity index is 1530. The van der Waals surface area contributed by atoms with E-state index in [0.29, 0.717) is 23.4 Å². The molecule has 0 spiro atoms. The van der Waals surface area contributed by atoms with Gasteiger partial charge in [0, 0.05) is 24.2 Å². The van der Waals surface area contributed by atoms with Crippen molar-refractivity contribution >= 4 is 27.6 Å². The van der Waals surface area contributed by atoms with E-state index in [2.05, 4.69) is 11.8 Å². The number of carbonyl (C=O) groups is 2. The Morgan fingerprint density at radius 2 is 1.77 bits per heavy atom. The van der Waals surface area contributed by atoms with Crippen molar-refractivity contribution in [2.45, 2.75) is 30.8 Å². The molecule has 3 aromatic carbocycles. The van der Waals surface area contributed by atoms with Crippen LogP contribution >= 0.6 is 0 Å².